The number of aromatic nitrogens is 1. The lowest BCUT2D eigenvalue weighted by Crippen LogP contribution is -2.31. The van der Waals surface area contributed by atoms with Crippen LogP contribution in [0, 0.1) is 0 Å². The average Bonchev–Trinajstić information content (AvgIpc) is 2.58. The summed E-state index contributed by atoms with van der Waals surface area (Å²) in [5.74, 6) is -0.558. The number of nitrogens with zero attached hydrogens (tertiary/aromatic N) is 2. The summed E-state index contributed by atoms with van der Waals surface area (Å²) in [6.45, 7) is 4.99. The lowest BCUT2D eigenvalue weighted by atomic mass is 10.2. The minimum Gasteiger partial charge on any atom is -0.338 e. The van der Waals surface area contributed by atoms with Gasteiger partial charge in [-0.2, -0.15) is 0 Å². The Bertz CT molecular complexity index is 697. The van der Waals surface area contributed by atoms with E-state index in [2.05, 4.69) is 10.3 Å². The third-order valence-corrected chi connectivity index (χ3v) is 3.61. The number of rotatable bonds is 5. The number of pyridine rings is 1. The number of hydrogen-bond acceptors (Lipinski definition) is 3. The molecule has 0 aliphatic rings. The second-order valence-electron chi connectivity index (χ2n) is 4.85. The van der Waals surface area contributed by atoms with Gasteiger partial charge in [0.2, 0.25) is 0 Å². The van der Waals surface area contributed by atoms with Gasteiger partial charge in [-0.1, -0.05) is 17.7 Å². The predicted molar refractivity (Wildman–Crippen MR) is 90.9 cm³/mol. The summed E-state index contributed by atoms with van der Waals surface area (Å²) >= 11 is 5.81. The molecule has 0 unspecified atom stereocenters. The van der Waals surface area contributed by atoms with E-state index in [0.29, 0.717) is 23.8 Å². The van der Waals surface area contributed by atoms with E-state index in [1.807, 2.05) is 13.8 Å². The zero-order valence-electron chi connectivity index (χ0n) is 13.0. The van der Waals surface area contributed by atoms with E-state index in [-0.39, 0.29) is 23.2 Å². The molecule has 0 fully saturated rings. The van der Waals surface area contributed by atoms with Crippen molar-refractivity contribution >= 4 is 29.1 Å². The topological polar surface area (TPSA) is 62.3 Å². The van der Waals surface area contributed by atoms with E-state index in [4.69, 9.17) is 11.6 Å². The molecule has 0 saturated carbocycles. The van der Waals surface area contributed by atoms with Gasteiger partial charge in [-0.05, 0) is 50.2 Å². The molecular weight excluding hydrogens is 314 g/mol. The van der Waals surface area contributed by atoms with Gasteiger partial charge in [0.25, 0.3) is 11.8 Å². The molecule has 1 aromatic heterocycles. The Kier molecular flexibility index (Phi) is 5.71. The molecule has 0 aliphatic carbocycles. The van der Waals surface area contributed by atoms with Crippen molar-refractivity contribution in [1.29, 1.82) is 0 Å². The normalized spacial score (nSPS) is 10.2. The summed E-state index contributed by atoms with van der Waals surface area (Å²) in [6.07, 6.45) is 0. The van der Waals surface area contributed by atoms with Crippen LogP contribution >= 0.6 is 11.6 Å². The van der Waals surface area contributed by atoms with Crippen LogP contribution in [-0.2, 0) is 0 Å². The molecule has 1 heterocycles. The molecule has 0 aliphatic heterocycles. The van der Waals surface area contributed by atoms with Gasteiger partial charge >= 0.3 is 0 Å². The summed E-state index contributed by atoms with van der Waals surface area (Å²) in [7, 11) is 0. The minimum atomic E-state index is -0.374. The lowest BCUT2D eigenvalue weighted by molar-refractivity contribution is 0.0767. The fourth-order valence-corrected chi connectivity index (χ4v) is 2.21. The smallest absolute Gasteiger partial charge is 0.274 e. The maximum atomic E-state index is 12.3. The molecule has 0 bridgehead atoms. The Labute approximate surface area is 140 Å². The van der Waals surface area contributed by atoms with Gasteiger partial charge in [0.1, 0.15) is 11.4 Å². The Morgan fingerprint density at radius 1 is 1.04 bits per heavy atom. The molecule has 1 N–H and O–H groups in total. The summed E-state index contributed by atoms with van der Waals surface area (Å²) in [4.78, 5) is 30.4. The lowest BCUT2D eigenvalue weighted by Gasteiger charge is -2.18. The highest BCUT2D eigenvalue weighted by atomic mass is 35.5. The van der Waals surface area contributed by atoms with Crippen molar-refractivity contribution in [1.82, 2.24) is 9.88 Å². The maximum absolute atomic E-state index is 12.3. The fourth-order valence-electron chi connectivity index (χ4n) is 2.08. The first kappa shape index (κ1) is 17.0. The largest absolute Gasteiger partial charge is 0.338 e. The second-order valence-corrected chi connectivity index (χ2v) is 5.28. The molecule has 6 heteroatoms. The number of amides is 2. The van der Waals surface area contributed by atoms with Gasteiger partial charge in [0.05, 0.1) is 0 Å². The molecule has 1 aromatic carbocycles. The van der Waals surface area contributed by atoms with Crippen molar-refractivity contribution in [2.24, 2.45) is 0 Å². The third-order valence-electron chi connectivity index (χ3n) is 3.35. The molecule has 2 amide bonds. The molecular formula is C17H18ClN3O2. The Hall–Kier alpha value is -2.40. The van der Waals surface area contributed by atoms with E-state index in [1.165, 1.54) is 0 Å². The van der Waals surface area contributed by atoms with Crippen molar-refractivity contribution in [3.8, 4) is 0 Å². The van der Waals surface area contributed by atoms with Crippen LogP contribution in [-0.4, -0.2) is 34.8 Å². The van der Waals surface area contributed by atoms with E-state index < -0.39 is 0 Å². The Balaban J connectivity index is 2.17. The summed E-state index contributed by atoms with van der Waals surface area (Å²) in [5.41, 5.74) is 1.07. The van der Waals surface area contributed by atoms with Crippen molar-refractivity contribution in [2.45, 2.75) is 13.8 Å². The molecule has 0 spiro atoms. The van der Waals surface area contributed by atoms with Crippen LogP contribution in [0.25, 0.3) is 0 Å². The zero-order chi connectivity index (χ0) is 16.8. The van der Waals surface area contributed by atoms with E-state index >= 15 is 0 Å². The average molecular weight is 332 g/mol. The highest BCUT2D eigenvalue weighted by molar-refractivity contribution is 6.30. The fraction of sp³-hybridized carbons (Fsp3) is 0.235. The van der Waals surface area contributed by atoms with Gasteiger partial charge in [-0.3, -0.25) is 9.59 Å². The van der Waals surface area contributed by atoms with Crippen molar-refractivity contribution < 1.29 is 9.59 Å². The number of benzene rings is 1. The summed E-state index contributed by atoms with van der Waals surface area (Å²) in [5, 5.41) is 3.31. The van der Waals surface area contributed by atoms with Crippen LogP contribution in [0.4, 0.5) is 5.69 Å². The van der Waals surface area contributed by atoms with Crippen LogP contribution in [0.15, 0.2) is 42.5 Å². The number of nitrogens with one attached hydrogen (secondary N) is 1. The first-order valence-corrected chi connectivity index (χ1v) is 7.76. The summed E-state index contributed by atoms with van der Waals surface area (Å²) in [6, 6.07) is 11.6. The Morgan fingerprint density at radius 2 is 1.65 bits per heavy atom. The van der Waals surface area contributed by atoms with Crippen LogP contribution in [0.3, 0.4) is 0 Å². The number of carbonyl (C=O) groups is 2. The van der Waals surface area contributed by atoms with Crippen LogP contribution < -0.4 is 5.32 Å². The van der Waals surface area contributed by atoms with E-state index in [0.717, 1.165) is 0 Å². The molecule has 0 saturated heterocycles. The molecule has 23 heavy (non-hydrogen) atoms. The summed E-state index contributed by atoms with van der Waals surface area (Å²) < 4.78 is 0. The van der Waals surface area contributed by atoms with E-state index in [1.54, 1.807) is 47.4 Å². The molecule has 0 atom stereocenters. The third kappa shape index (κ3) is 4.29. The molecule has 120 valence electrons. The van der Waals surface area contributed by atoms with Crippen LogP contribution in [0.2, 0.25) is 5.02 Å². The molecule has 2 rings (SSSR count). The second kappa shape index (κ2) is 7.74. The number of hydrogen-bond donors (Lipinski definition) is 1. The van der Waals surface area contributed by atoms with Crippen LogP contribution in [0.1, 0.15) is 34.8 Å². The molecule has 5 nitrogen and oxygen atoms in total. The molecule has 0 radical (unpaired) electrons. The first-order valence-electron chi connectivity index (χ1n) is 7.38. The van der Waals surface area contributed by atoms with Gasteiger partial charge in [0, 0.05) is 23.8 Å². The van der Waals surface area contributed by atoms with E-state index in [9.17, 15) is 9.59 Å². The highest BCUT2D eigenvalue weighted by Gasteiger charge is 2.16. The van der Waals surface area contributed by atoms with Gasteiger partial charge in [0.15, 0.2) is 0 Å². The highest BCUT2D eigenvalue weighted by Crippen LogP contribution is 2.14. The Morgan fingerprint density at radius 3 is 2.26 bits per heavy atom. The van der Waals surface area contributed by atoms with Crippen LogP contribution in [0.5, 0.6) is 0 Å². The number of anilines is 1. The van der Waals surface area contributed by atoms with Gasteiger partial charge in [-0.15, -0.1) is 0 Å². The predicted octanol–water partition coefficient (Wildman–Crippen LogP) is 3.47. The molecule has 2 aromatic rings. The van der Waals surface area contributed by atoms with Crippen molar-refractivity contribution in [2.75, 3.05) is 18.4 Å². The minimum absolute atomic E-state index is 0.184. The standard InChI is InChI=1S/C17H18ClN3O2/c1-3-21(4-2)17(23)15-7-5-6-14(20-15)16(22)19-13-10-8-12(18)9-11-13/h5-11H,3-4H2,1-2H3,(H,19,22). The maximum Gasteiger partial charge on any atom is 0.274 e. The van der Waals surface area contributed by atoms with Gasteiger partial charge in [-0.25, -0.2) is 4.98 Å². The number of carbonyl (C=O) groups excluding carboxylic acids is 2. The SMILES string of the molecule is CCN(CC)C(=O)c1cccc(C(=O)Nc2ccc(Cl)cc2)n1. The van der Waals surface area contributed by atoms with Crippen molar-refractivity contribution in [3.63, 3.8) is 0 Å². The quantitative estimate of drug-likeness (QED) is 0.912. The first-order chi connectivity index (χ1) is 11.0. The monoisotopic (exact) mass is 331 g/mol. The van der Waals surface area contributed by atoms with Gasteiger partial charge < -0.3 is 10.2 Å². The number of halogens is 1. The van der Waals surface area contributed by atoms with Crippen molar-refractivity contribution in [3.05, 3.63) is 58.9 Å². The zero-order valence-corrected chi connectivity index (χ0v) is 13.8.